The molecule has 6 heteroatoms. The molecule has 140 valence electrons. The zero-order valence-corrected chi connectivity index (χ0v) is 15.4. The molecule has 0 unspecified atom stereocenters. The Bertz CT molecular complexity index is 765. The molecule has 0 bridgehead atoms. The van der Waals surface area contributed by atoms with Gasteiger partial charge in [0.05, 0.1) is 19.8 Å². The SMILES string of the molecule is COCCN1CCOCC12CCN(C(=O)c1ccc3cc[nH]c3c1)CC2. The van der Waals surface area contributed by atoms with E-state index in [1.54, 1.807) is 7.11 Å². The number of piperidine rings is 1. The Balaban J connectivity index is 1.44. The minimum atomic E-state index is 0.0526. The number of carbonyl (C=O) groups is 1. The first-order valence-corrected chi connectivity index (χ1v) is 9.40. The van der Waals surface area contributed by atoms with E-state index in [9.17, 15) is 4.79 Å². The van der Waals surface area contributed by atoms with Gasteiger partial charge in [0.15, 0.2) is 0 Å². The molecule has 0 aliphatic carbocycles. The van der Waals surface area contributed by atoms with E-state index in [2.05, 4.69) is 9.88 Å². The number of hydrogen-bond acceptors (Lipinski definition) is 4. The van der Waals surface area contributed by atoms with E-state index in [1.807, 2.05) is 35.4 Å². The van der Waals surface area contributed by atoms with Crippen LogP contribution >= 0.6 is 0 Å². The number of morpholine rings is 1. The van der Waals surface area contributed by atoms with Crippen molar-refractivity contribution in [1.82, 2.24) is 14.8 Å². The zero-order valence-electron chi connectivity index (χ0n) is 15.4. The third kappa shape index (κ3) is 3.24. The lowest BCUT2D eigenvalue weighted by atomic mass is 9.85. The quantitative estimate of drug-likeness (QED) is 0.911. The highest BCUT2D eigenvalue weighted by molar-refractivity contribution is 5.98. The van der Waals surface area contributed by atoms with Gasteiger partial charge in [0.25, 0.3) is 5.91 Å². The maximum absolute atomic E-state index is 12.9. The minimum Gasteiger partial charge on any atom is -0.383 e. The molecule has 1 N–H and O–H groups in total. The van der Waals surface area contributed by atoms with Crippen molar-refractivity contribution in [1.29, 1.82) is 0 Å². The molecular weight excluding hydrogens is 330 g/mol. The zero-order chi connectivity index (χ0) is 18.0. The predicted octanol–water partition coefficient (Wildman–Crippen LogP) is 2.12. The number of carbonyl (C=O) groups excluding carboxylic acids is 1. The average Bonchev–Trinajstić information content (AvgIpc) is 3.15. The summed E-state index contributed by atoms with van der Waals surface area (Å²) in [6.07, 6.45) is 3.81. The first-order chi connectivity index (χ1) is 12.7. The fourth-order valence-electron chi connectivity index (χ4n) is 4.27. The van der Waals surface area contributed by atoms with E-state index < -0.39 is 0 Å². The number of aromatic amines is 1. The van der Waals surface area contributed by atoms with Crippen LogP contribution in [-0.4, -0.2) is 79.3 Å². The van der Waals surface area contributed by atoms with Crippen LogP contribution in [0.2, 0.25) is 0 Å². The lowest BCUT2D eigenvalue weighted by molar-refractivity contribution is -0.0968. The van der Waals surface area contributed by atoms with Gasteiger partial charge < -0.3 is 19.4 Å². The van der Waals surface area contributed by atoms with E-state index in [0.717, 1.165) is 75.3 Å². The van der Waals surface area contributed by atoms with Crippen molar-refractivity contribution in [2.45, 2.75) is 18.4 Å². The van der Waals surface area contributed by atoms with Crippen molar-refractivity contribution in [2.75, 3.05) is 53.1 Å². The number of H-pyrrole nitrogens is 1. The van der Waals surface area contributed by atoms with Gasteiger partial charge in [-0.25, -0.2) is 0 Å². The van der Waals surface area contributed by atoms with Gasteiger partial charge >= 0.3 is 0 Å². The van der Waals surface area contributed by atoms with Crippen LogP contribution in [-0.2, 0) is 9.47 Å². The van der Waals surface area contributed by atoms with Crippen LogP contribution in [0, 0.1) is 0 Å². The molecule has 1 aromatic carbocycles. The molecule has 2 aromatic rings. The summed E-state index contributed by atoms with van der Waals surface area (Å²) in [7, 11) is 1.75. The Morgan fingerprint density at radius 2 is 2.12 bits per heavy atom. The molecule has 0 atom stereocenters. The first-order valence-electron chi connectivity index (χ1n) is 9.40. The van der Waals surface area contributed by atoms with Crippen LogP contribution < -0.4 is 0 Å². The maximum Gasteiger partial charge on any atom is 0.253 e. The van der Waals surface area contributed by atoms with Crippen LogP contribution in [0.3, 0.4) is 0 Å². The van der Waals surface area contributed by atoms with Gasteiger partial charge in [-0.15, -0.1) is 0 Å². The number of aromatic nitrogens is 1. The molecule has 4 rings (SSSR count). The monoisotopic (exact) mass is 357 g/mol. The number of nitrogens with one attached hydrogen (secondary N) is 1. The molecule has 1 amide bonds. The summed E-state index contributed by atoms with van der Waals surface area (Å²) >= 11 is 0. The van der Waals surface area contributed by atoms with Gasteiger partial charge in [-0.1, -0.05) is 6.07 Å². The Hall–Kier alpha value is -1.89. The fourth-order valence-corrected chi connectivity index (χ4v) is 4.27. The molecule has 0 saturated carbocycles. The van der Waals surface area contributed by atoms with E-state index in [4.69, 9.17) is 9.47 Å². The number of likely N-dealkylation sites (tertiary alicyclic amines) is 1. The maximum atomic E-state index is 12.9. The largest absolute Gasteiger partial charge is 0.383 e. The molecule has 2 saturated heterocycles. The second-order valence-electron chi connectivity index (χ2n) is 7.33. The number of benzene rings is 1. The molecule has 3 heterocycles. The van der Waals surface area contributed by atoms with Crippen LogP contribution in [0.5, 0.6) is 0 Å². The van der Waals surface area contributed by atoms with Crippen molar-refractivity contribution in [3.05, 3.63) is 36.0 Å². The number of amides is 1. The number of nitrogens with zero attached hydrogens (tertiary/aromatic N) is 2. The third-order valence-corrected chi connectivity index (χ3v) is 5.90. The fraction of sp³-hybridized carbons (Fsp3) is 0.550. The van der Waals surface area contributed by atoms with Crippen molar-refractivity contribution < 1.29 is 14.3 Å². The van der Waals surface area contributed by atoms with Gasteiger partial charge in [0.1, 0.15) is 0 Å². The van der Waals surface area contributed by atoms with E-state index in [1.165, 1.54) is 0 Å². The summed E-state index contributed by atoms with van der Waals surface area (Å²) in [4.78, 5) is 20.6. The standard InChI is InChI=1S/C20H27N3O3/c1-25-12-10-23-11-13-26-15-20(23)5-8-22(9-6-20)19(24)17-3-2-16-4-7-21-18(16)14-17/h2-4,7,14,21H,5-6,8-13,15H2,1H3. The molecule has 2 aliphatic rings. The molecule has 1 spiro atoms. The van der Waals surface area contributed by atoms with E-state index >= 15 is 0 Å². The Morgan fingerprint density at radius 3 is 2.92 bits per heavy atom. The Morgan fingerprint density at radius 1 is 1.27 bits per heavy atom. The van der Waals surface area contributed by atoms with Crippen molar-refractivity contribution in [3.8, 4) is 0 Å². The summed E-state index contributed by atoms with van der Waals surface area (Å²) in [5.41, 5.74) is 1.82. The number of ether oxygens (including phenoxy) is 2. The molecule has 2 fully saturated rings. The smallest absolute Gasteiger partial charge is 0.253 e. The normalized spacial score (nSPS) is 20.7. The van der Waals surface area contributed by atoms with E-state index in [-0.39, 0.29) is 11.4 Å². The van der Waals surface area contributed by atoms with Crippen LogP contribution in [0.4, 0.5) is 0 Å². The second kappa shape index (κ2) is 7.39. The second-order valence-corrected chi connectivity index (χ2v) is 7.33. The lowest BCUT2D eigenvalue weighted by Gasteiger charge is -2.51. The van der Waals surface area contributed by atoms with Gasteiger partial charge in [0, 0.05) is 56.1 Å². The molecule has 6 nitrogen and oxygen atoms in total. The summed E-state index contributed by atoms with van der Waals surface area (Å²) in [6.45, 7) is 5.69. The molecule has 0 radical (unpaired) electrons. The van der Waals surface area contributed by atoms with Crippen LogP contribution in [0.15, 0.2) is 30.5 Å². The van der Waals surface area contributed by atoms with Gasteiger partial charge in [0.2, 0.25) is 0 Å². The molecular formula is C20H27N3O3. The molecule has 2 aliphatic heterocycles. The highest BCUT2D eigenvalue weighted by Gasteiger charge is 2.42. The van der Waals surface area contributed by atoms with Crippen molar-refractivity contribution in [2.24, 2.45) is 0 Å². The number of hydrogen-bond donors (Lipinski definition) is 1. The van der Waals surface area contributed by atoms with Crippen LogP contribution in [0.1, 0.15) is 23.2 Å². The third-order valence-electron chi connectivity index (χ3n) is 5.90. The predicted molar refractivity (Wildman–Crippen MR) is 100 cm³/mol. The summed E-state index contributed by atoms with van der Waals surface area (Å²) in [6, 6.07) is 7.91. The Labute approximate surface area is 154 Å². The number of rotatable bonds is 4. The van der Waals surface area contributed by atoms with Gasteiger partial charge in [-0.3, -0.25) is 9.69 Å². The Kier molecular flexibility index (Phi) is 4.98. The number of methoxy groups -OCH3 is 1. The van der Waals surface area contributed by atoms with Crippen molar-refractivity contribution >= 4 is 16.8 Å². The summed E-state index contributed by atoms with van der Waals surface area (Å²) in [5.74, 6) is 0.122. The number of fused-ring (bicyclic) bond motifs is 1. The highest BCUT2D eigenvalue weighted by atomic mass is 16.5. The first kappa shape index (κ1) is 17.5. The lowest BCUT2D eigenvalue weighted by Crippen LogP contribution is -2.62. The van der Waals surface area contributed by atoms with Gasteiger partial charge in [-0.2, -0.15) is 0 Å². The van der Waals surface area contributed by atoms with Crippen molar-refractivity contribution in [3.63, 3.8) is 0 Å². The van der Waals surface area contributed by atoms with E-state index in [0.29, 0.717) is 0 Å². The highest BCUT2D eigenvalue weighted by Crippen LogP contribution is 2.32. The molecule has 1 aromatic heterocycles. The molecule has 26 heavy (non-hydrogen) atoms. The van der Waals surface area contributed by atoms with Gasteiger partial charge in [-0.05, 0) is 36.4 Å². The minimum absolute atomic E-state index is 0.0526. The topological polar surface area (TPSA) is 57.8 Å². The summed E-state index contributed by atoms with van der Waals surface area (Å²) in [5, 5.41) is 1.13. The average molecular weight is 357 g/mol. The summed E-state index contributed by atoms with van der Waals surface area (Å²) < 4.78 is 11.1. The van der Waals surface area contributed by atoms with Crippen LogP contribution in [0.25, 0.3) is 10.9 Å².